The summed E-state index contributed by atoms with van der Waals surface area (Å²) >= 11 is 3.56. The molecular formula is C15H25NO2S2. The van der Waals surface area contributed by atoms with Gasteiger partial charge in [-0.15, -0.1) is 23.1 Å². The van der Waals surface area contributed by atoms with Crippen molar-refractivity contribution in [1.29, 1.82) is 0 Å². The van der Waals surface area contributed by atoms with Crippen LogP contribution < -0.4 is 0 Å². The van der Waals surface area contributed by atoms with E-state index in [-0.39, 0.29) is 6.10 Å². The summed E-state index contributed by atoms with van der Waals surface area (Å²) in [6.45, 7) is 9.27. The number of hydrogen-bond acceptors (Lipinski definition) is 5. The van der Waals surface area contributed by atoms with Gasteiger partial charge in [0.15, 0.2) is 0 Å². The van der Waals surface area contributed by atoms with E-state index in [9.17, 15) is 5.11 Å². The van der Waals surface area contributed by atoms with Crippen molar-refractivity contribution >= 4 is 23.1 Å². The lowest BCUT2D eigenvalue weighted by Gasteiger charge is -2.35. The molecular weight excluding hydrogens is 290 g/mol. The first kappa shape index (κ1) is 16.3. The zero-order chi connectivity index (χ0) is 14.5. The molecule has 0 bridgehead atoms. The smallest absolute Gasteiger partial charge is 0.0894 e. The largest absolute Gasteiger partial charge is 0.388 e. The molecule has 0 aliphatic carbocycles. The Bertz CT molecular complexity index is 400. The highest BCUT2D eigenvalue weighted by Crippen LogP contribution is 2.32. The van der Waals surface area contributed by atoms with Crippen molar-refractivity contribution in [3.63, 3.8) is 0 Å². The fourth-order valence-electron chi connectivity index (χ4n) is 2.65. The molecule has 114 valence electrons. The van der Waals surface area contributed by atoms with Gasteiger partial charge in [-0.2, -0.15) is 0 Å². The molecule has 1 N–H and O–H groups in total. The summed E-state index contributed by atoms with van der Waals surface area (Å²) in [5.41, 5.74) is 0. The molecule has 1 aromatic rings. The molecule has 3 atom stereocenters. The first-order valence-corrected chi connectivity index (χ1v) is 9.17. The Morgan fingerprint density at radius 1 is 1.40 bits per heavy atom. The van der Waals surface area contributed by atoms with Crippen LogP contribution in [0.15, 0.2) is 16.3 Å². The van der Waals surface area contributed by atoms with Crippen LogP contribution in [0.4, 0.5) is 0 Å². The molecule has 1 aromatic heterocycles. The van der Waals surface area contributed by atoms with Gasteiger partial charge in [0.1, 0.15) is 0 Å². The van der Waals surface area contributed by atoms with Gasteiger partial charge in [0.25, 0.3) is 0 Å². The Morgan fingerprint density at radius 3 is 2.75 bits per heavy atom. The molecule has 5 heteroatoms. The first-order chi connectivity index (χ1) is 9.58. The number of morpholine rings is 1. The van der Waals surface area contributed by atoms with Crippen LogP contribution in [0.1, 0.15) is 38.2 Å². The fraction of sp³-hybridized carbons (Fsp3) is 0.733. The average Bonchev–Trinajstić information content (AvgIpc) is 2.84. The van der Waals surface area contributed by atoms with E-state index >= 15 is 0 Å². The Hall–Kier alpha value is -0.0700. The second kappa shape index (κ2) is 7.80. The van der Waals surface area contributed by atoms with E-state index in [2.05, 4.69) is 37.8 Å². The lowest BCUT2D eigenvalue weighted by molar-refractivity contribution is -0.0702. The Labute approximate surface area is 130 Å². The van der Waals surface area contributed by atoms with Crippen LogP contribution in [-0.4, -0.2) is 47.6 Å². The third-order valence-corrected chi connectivity index (χ3v) is 5.73. The highest BCUT2D eigenvalue weighted by atomic mass is 32.2. The normalized spacial score (nSPS) is 25.8. The van der Waals surface area contributed by atoms with E-state index in [1.807, 2.05) is 11.8 Å². The number of thiophene rings is 1. The van der Waals surface area contributed by atoms with E-state index in [0.29, 0.717) is 12.2 Å². The van der Waals surface area contributed by atoms with E-state index in [1.54, 1.807) is 11.3 Å². The van der Waals surface area contributed by atoms with Crippen molar-refractivity contribution in [2.75, 3.05) is 25.4 Å². The van der Waals surface area contributed by atoms with Crippen molar-refractivity contribution in [3.8, 4) is 0 Å². The minimum Gasteiger partial charge on any atom is -0.388 e. The molecule has 20 heavy (non-hydrogen) atoms. The highest BCUT2D eigenvalue weighted by molar-refractivity contribution is 8.01. The molecule has 0 spiro atoms. The Morgan fingerprint density at radius 2 is 2.10 bits per heavy atom. The van der Waals surface area contributed by atoms with Crippen LogP contribution in [0.5, 0.6) is 0 Å². The molecule has 3 unspecified atom stereocenters. The number of thioether (sulfide) groups is 1. The maximum atomic E-state index is 10.3. The van der Waals surface area contributed by atoms with E-state index in [1.165, 1.54) is 4.21 Å². The summed E-state index contributed by atoms with van der Waals surface area (Å²) in [6.07, 6.45) is 1.06. The van der Waals surface area contributed by atoms with Gasteiger partial charge in [-0.1, -0.05) is 6.92 Å². The summed E-state index contributed by atoms with van der Waals surface area (Å²) in [4.78, 5) is 3.49. The zero-order valence-corrected chi connectivity index (χ0v) is 14.2. The lowest BCUT2D eigenvalue weighted by Crippen LogP contribution is -2.45. The molecule has 1 aliphatic heterocycles. The lowest BCUT2D eigenvalue weighted by atomic mass is 10.1. The van der Waals surface area contributed by atoms with Gasteiger partial charge in [0.2, 0.25) is 0 Å². The third kappa shape index (κ3) is 4.74. The SMILES string of the molecule is CCSc1ccc(C(O)CCN2CC(C)OC(C)C2)s1. The first-order valence-electron chi connectivity index (χ1n) is 7.37. The Kier molecular flexibility index (Phi) is 6.36. The number of ether oxygens (including phenoxy) is 1. The summed E-state index contributed by atoms with van der Waals surface area (Å²) in [5, 5.41) is 10.3. The highest BCUT2D eigenvalue weighted by Gasteiger charge is 2.22. The van der Waals surface area contributed by atoms with Crippen molar-refractivity contribution in [2.24, 2.45) is 0 Å². The summed E-state index contributed by atoms with van der Waals surface area (Å²) in [5.74, 6) is 1.08. The van der Waals surface area contributed by atoms with Crippen molar-refractivity contribution in [1.82, 2.24) is 4.90 Å². The molecule has 0 radical (unpaired) electrons. The van der Waals surface area contributed by atoms with Crippen LogP contribution in [0.3, 0.4) is 0 Å². The quantitative estimate of drug-likeness (QED) is 0.816. The number of rotatable bonds is 6. The van der Waals surface area contributed by atoms with Crippen LogP contribution >= 0.6 is 23.1 Å². The molecule has 1 fully saturated rings. The van der Waals surface area contributed by atoms with Crippen LogP contribution in [-0.2, 0) is 4.74 Å². The molecule has 0 amide bonds. The van der Waals surface area contributed by atoms with Gasteiger partial charge < -0.3 is 9.84 Å². The number of aliphatic hydroxyl groups excluding tert-OH is 1. The number of aliphatic hydroxyl groups is 1. The van der Waals surface area contributed by atoms with E-state index < -0.39 is 0 Å². The fourth-order valence-corrected chi connectivity index (χ4v) is 4.73. The number of hydrogen-bond donors (Lipinski definition) is 1. The van der Waals surface area contributed by atoms with Gasteiger partial charge in [0, 0.05) is 24.5 Å². The summed E-state index contributed by atoms with van der Waals surface area (Å²) in [6, 6.07) is 4.19. The molecule has 1 saturated heterocycles. The number of nitrogens with zero attached hydrogens (tertiary/aromatic N) is 1. The van der Waals surface area contributed by atoms with Gasteiger partial charge in [-0.25, -0.2) is 0 Å². The van der Waals surface area contributed by atoms with Crippen LogP contribution in [0.25, 0.3) is 0 Å². The van der Waals surface area contributed by atoms with E-state index in [4.69, 9.17) is 4.74 Å². The van der Waals surface area contributed by atoms with Crippen molar-refractivity contribution in [2.45, 2.75) is 49.7 Å². The average molecular weight is 316 g/mol. The second-order valence-electron chi connectivity index (χ2n) is 5.41. The van der Waals surface area contributed by atoms with Gasteiger partial charge in [0.05, 0.1) is 22.5 Å². The second-order valence-corrected chi connectivity index (χ2v) is 8.09. The maximum absolute atomic E-state index is 10.3. The molecule has 3 nitrogen and oxygen atoms in total. The monoisotopic (exact) mass is 315 g/mol. The summed E-state index contributed by atoms with van der Waals surface area (Å²) in [7, 11) is 0. The maximum Gasteiger partial charge on any atom is 0.0894 e. The zero-order valence-electron chi connectivity index (χ0n) is 12.5. The Balaban J connectivity index is 1.80. The molecule has 1 aliphatic rings. The van der Waals surface area contributed by atoms with Gasteiger partial charge in [-0.05, 0) is 38.2 Å². The molecule has 0 saturated carbocycles. The minimum atomic E-state index is -0.334. The minimum absolute atomic E-state index is 0.296. The summed E-state index contributed by atoms with van der Waals surface area (Å²) < 4.78 is 7.03. The molecule has 2 heterocycles. The molecule has 2 rings (SSSR count). The van der Waals surface area contributed by atoms with Crippen LogP contribution in [0, 0.1) is 0 Å². The molecule has 0 aromatic carbocycles. The topological polar surface area (TPSA) is 32.7 Å². The van der Waals surface area contributed by atoms with Gasteiger partial charge >= 0.3 is 0 Å². The van der Waals surface area contributed by atoms with Crippen molar-refractivity contribution in [3.05, 3.63) is 17.0 Å². The van der Waals surface area contributed by atoms with E-state index in [0.717, 1.165) is 36.7 Å². The predicted octanol–water partition coefficient (Wildman–Crippen LogP) is 3.39. The van der Waals surface area contributed by atoms with Gasteiger partial charge in [-0.3, -0.25) is 4.90 Å². The van der Waals surface area contributed by atoms with Crippen LogP contribution in [0.2, 0.25) is 0 Å². The standard InChI is InChI=1S/C15H25NO2S2/c1-4-19-15-6-5-14(20-15)13(17)7-8-16-9-11(2)18-12(3)10-16/h5-6,11-13,17H,4,7-10H2,1-3H3. The predicted molar refractivity (Wildman–Crippen MR) is 86.7 cm³/mol. The third-order valence-electron chi connectivity index (χ3n) is 3.43. The van der Waals surface area contributed by atoms with Crippen molar-refractivity contribution < 1.29 is 9.84 Å².